The van der Waals surface area contributed by atoms with Crippen LogP contribution in [0.2, 0.25) is 0 Å². The molecule has 0 saturated carbocycles. The average molecular weight is 821 g/mol. The first-order chi connectivity index (χ1) is 28.3. The number of carbonyl (C=O) groups is 3. The van der Waals surface area contributed by atoms with E-state index in [-0.39, 0.29) is 31.1 Å². The standard InChI is InChI=1S/C52H100O6/c1-6-8-9-10-11-20-29-34-39-44-52(55)58-49(46-57-51(54)43-38-33-28-24-19-18-21-25-30-35-40-47(3)4)45-56-50(53)42-37-32-27-23-17-15-13-12-14-16-22-26-31-36-41-48(5)7-2/h47-49H,6-46H2,1-5H3/t48?,49-/m1/s1. The monoisotopic (exact) mass is 821 g/mol. The number of hydrogen-bond acceptors (Lipinski definition) is 6. The molecule has 58 heavy (non-hydrogen) atoms. The van der Waals surface area contributed by atoms with Crippen molar-refractivity contribution < 1.29 is 28.6 Å². The van der Waals surface area contributed by atoms with Crippen molar-refractivity contribution in [2.75, 3.05) is 13.2 Å². The Morgan fingerprint density at radius 2 is 0.655 bits per heavy atom. The summed E-state index contributed by atoms with van der Waals surface area (Å²) >= 11 is 0. The summed E-state index contributed by atoms with van der Waals surface area (Å²) in [4.78, 5) is 37.8. The van der Waals surface area contributed by atoms with Gasteiger partial charge in [0.05, 0.1) is 0 Å². The van der Waals surface area contributed by atoms with Crippen LogP contribution in [0.25, 0.3) is 0 Å². The molecule has 0 aliphatic rings. The SMILES string of the molecule is CCCCCCCCCCCC(=O)O[C@H](COC(=O)CCCCCCCCCCCCCCCCC(C)CC)COC(=O)CCCCCCCCCCCCC(C)C. The first kappa shape index (κ1) is 56.4. The molecule has 0 fully saturated rings. The molecule has 0 aliphatic heterocycles. The average Bonchev–Trinajstić information content (AvgIpc) is 3.21. The number of hydrogen-bond donors (Lipinski definition) is 0. The van der Waals surface area contributed by atoms with E-state index in [2.05, 4.69) is 34.6 Å². The van der Waals surface area contributed by atoms with Crippen molar-refractivity contribution >= 4 is 17.9 Å². The van der Waals surface area contributed by atoms with Gasteiger partial charge in [-0.05, 0) is 31.1 Å². The smallest absolute Gasteiger partial charge is 0.306 e. The third-order valence-electron chi connectivity index (χ3n) is 12.1. The van der Waals surface area contributed by atoms with Crippen molar-refractivity contribution in [1.29, 1.82) is 0 Å². The van der Waals surface area contributed by atoms with Gasteiger partial charge in [0.25, 0.3) is 0 Å². The number of esters is 3. The van der Waals surface area contributed by atoms with E-state index in [0.717, 1.165) is 69.6 Å². The molecule has 6 heteroatoms. The lowest BCUT2D eigenvalue weighted by Gasteiger charge is -2.18. The lowest BCUT2D eigenvalue weighted by Crippen LogP contribution is -2.30. The van der Waals surface area contributed by atoms with Gasteiger partial charge in [-0.2, -0.15) is 0 Å². The topological polar surface area (TPSA) is 78.9 Å². The van der Waals surface area contributed by atoms with Crippen LogP contribution in [0.15, 0.2) is 0 Å². The summed E-state index contributed by atoms with van der Waals surface area (Å²) in [5.74, 6) is 0.863. The maximum atomic E-state index is 12.7. The molecule has 0 heterocycles. The minimum atomic E-state index is -0.760. The Morgan fingerprint density at radius 3 is 0.983 bits per heavy atom. The van der Waals surface area contributed by atoms with Gasteiger partial charge in [-0.1, -0.05) is 247 Å². The molecule has 344 valence electrons. The van der Waals surface area contributed by atoms with Crippen molar-refractivity contribution in [2.45, 2.75) is 291 Å². The van der Waals surface area contributed by atoms with Gasteiger partial charge in [-0.25, -0.2) is 0 Å². The van der Waals surface area contributed by atoms with E-state index < -0.39 is 6.10 Å². The Kier molecular flexibility index (Phi) is 43.7. The van der Waals surface area contributed by atoms with Crippen molar-refractivity contribution in [1.82, 2.24) is 0 Å². The number of carbonyl (C=O) groups excluding carboxylic acids is 3. The zero-order valence-corrected chi connectivity index (χ0v) is 39.7. The largest absolute Gasteiger partial charge is 0.462 e. The van der Waals surface area contributed by atoms with Gasteiger partial charge in [-0.15, -0.1) is 0 Å². The van der Waals surface area contributed by atoms with Crippen LogP contribution in [-0.2, 0) is 28.6 Å². The molecule has 0 rings (SSSR count). The molecule has 0 aromatic rings. The second-order valence-corrected chi connectivity index (χ2v) is 18.5. The zero-order chi connectivity index (χ0) is 42.6. The molecule has 0 amide bonds. The van der Waals surface area contributed by atoms with Crippen molar-refractivity contribution in [3.63, 3.8) is 0 Å². The fourth-order valence-electron chi connectivity index (χ4n) is 7.78. The number of unbranched alkanes of at least 4 members (excludes halogenated alkanes) is 30. The van der Waals surface area contributed by atoms with E-state index in [1.807, 2.05) is 0 Å². The number of rotatable bonds is 46. The Bertz CT molecular complexity index is 887. The van der Waals surface area contributed by atoms with Crippen LogP contribution >= 0.6 is 0 Å². The minimum absolute atomic E-state index is 0.0639. The van der Waals surface area contributed by atoms with E-state index in [1.165, 1.54) is 173 Å². The highest BCUT2D eigenvalue weighted by Crippen LogP contribution is 2.18. The molecular formula is C52H100O6. The molecule has 0 aromatic heterocycles. The molecule has 0 aromatic carbocycles. The van der Waals surface area contributed by atoms with Gasteiger partial charge < -0.3 is 14.2 Å². The van der Waals surface area contributed by atoms with Crippen LogP contribution in [-0.4, -0.2) is 37.2 Å². The highest BCUT2D eigenvalue weighted by Gasteiger charge is 2.19. The van der Waals surface area contributed by atoms with Crippen molar-refractivity contribution in [2.24, 2.45) is 11.8 Å². The summed E-state index contributed by atoms with van der Waals surface area (Å²) in [5.41, 5.74) is 0. The van der Waals surface area contributed by atoms with Crippen LogP contribution in [0, 0.1) is 11.8 Å². The first-order valence-corrected chi connectivity index (χ1v) is 25.8. The predicted octanol–water partition coefficient (Wildman–Crippen LogP) is 16.5. The Labute approximate surface area is 361 Å². The third-order valence-corrected chi connectivity index (χ3v) is 12.1. The van der Waals surface area contributed by atoms with E-state index in [0.29, 0.717) is 19.3 Å². The van der Waals surface area contributed by atoms with Gasteiger partial charge in [0.1, 0.15) is 13.2 Å². The van der Waals surface area contributed by atoms with Gasteiger partial charge in [-0.3, -0.25) is 14.4 Å². The maximum absolute atomic E-state index is 12.7. The summed E-state index contributed by atoms with van der Waals surface area (Å²) in [7, 11) is 0. The van der Waals surface area contributed by atoms with Crippen LogP contribution in [0.3, 0.4) is 0 Å². The van der Waals surface area contributed by atoms with E-state index in [9.17, 15) is 14.4 Å². The van der Waals surface area contributed by atoms with E-state index >= 15 is 0 Å². The van der Waals surface area contributed by atoms with E-state index in [1.54, 1.807) is 0 Å². The molecule has 0 aliphatic carbocycles. The van der Waals surface area contributed by atoms with Crippen molar-refractivity contribution in [3.8, 4) is 0 Å². The Morgan fingerprint density at radius 1 is 0.362 bits per heavy atom. The van der Waals surface area contributed by atoms with Gasteiger partial charge >= 0.3 is 17.9 Å². The fourth-order valence-corrected chi connectivity index (χ4v) is 7.78. The summed E-state index contributed by atoms with van der Waals surface area (Å²) in [6.45, 7) is 11.4. The van der Waals surface area contributed by atoms with Crippen LogP contribution in [0.5, 0.6) is 0 Å². The molecule has 0 bridgehead atoms. The quantitative estimate of drug-likeness (QED) is 0.0346. The molecule has 0 radical (unpaired) electrons. The molecule has 0 N–H and O–H groups in total. The second-order valence-electron chi connectivity index (χ2n) is 18.5. The normalized spacial score (nSPS) is 12.5. The summed E-state index contributed by atoms with van der Waals surface area (Å²) in [5, 5.41) is 0. The van der Waals surface area contributed by atoms with Gasteiger partial charge in [0.2, 0.25) is 0 Å². The molecule has 0 saturated heterocycles. The summed E-state index contributed by atoms with van der Waals surface area (Å²) < 4.78 is 16.8. The summed E-state index contributed by atoms with van der Waals surface area (Å²) in [6, 6.07) is 0. The maximum Gasteiger partial charge on any atom is 0.306 e. The van der Waals surface area contributed by atoms with Gasteiger partial charge in [0.15, 0.2) is 6.10 Å². The lowest BCUT2D eigenvalue weighted by molar-refractivity contribution is -0.167. The highest BCUT2D eigenvalue weighted by molar-refractivity contribution is 5.71. The minimum Gasteiger partial charge on any atom is -0.462 e. The Hall–Kier alpha value is -1.59. The Balaban J connectivity index is 4.23. The first-order valence-electron chi connectivity index (χ1n) is 25.8. The van der Waals surface area contributed by atoms with Crippen LogP contribution in [0.1, 0.15) is 285 Å². The molecule has 2 atom stereocenters. The summed E-state index contributed by atoms with van der Waals surface area (Å²) in [6.07, 6.45) is 45.1. The molecule has 6 nitrogen and oxygen atoms in total. The number of ether oxygens (including phenoxy) is 3. The predicted molar refractivity (Wildman–Crippen MR) is 247 cm³/mol. The zero-order valence-electron chi connectivity index (χ0n) is 39.7. The molecule has 1 unspecified atom stereocenters. The van der Waals surface area contributed by atoms with E-state index in [4.69, 9.17) is 14.2 Å². The third kappa shape index (κ3) is 44.0. The highest BCUT2D eigenvalue weighted by atomic mass is 16.6. The van der Waals surface area contributed by atoms with Crippen LogP contribution < -0.4 is 0 Å². The second kappa shape index (κ2) is 44.9. The fraction of sp³-hybridized carbons (Fsp3) is 0.942. The van der Waals surface area contributed by atoms with Gasteiger partial charge in [0, 0.05) is 19.3 Å². The van der Waals surface area contributed by atoms with Crippen molar-refractivity contribution in [3.05, 3.63) is 0 Å². The van der Waals surface area contributed by atoms with Crippen LogP contribution in [0.4, 0.5) is 0 Å². The lowest BCUT2D eigenvalue weighted by atomic mass is 9.99. The molecule has 0 spiro atoms. The molecular weight excluding hydrogens is 721 g/mol.